The van der Waals surface area contributed by atoms with Crippen LogP contribution in [0, 0.1) is 4.77 Å². The van der Waals surface area contributed by atoms with Gasteiger partial charge >= 0.3 is 0 Å². The number of ketones is 1. The van der Waals surface area contributed by atoms with Gasteiger partial charge in [0.1, 0.15) is 6.10 Å². The molecule has 0 saturated carbocycles. The highest BCUT2D eigenvalue weighted by Gasteiger charge is 2.45. The highest BCUT2D eigenvalue weighted by atomic mass is 32.1. The van der Waals surface area contributed by atoms with Crippen molar-refractivity contribution >= 4 is 18.0 Å². The van der Waals surface area contributed by atoms with Crippen LogP contribution in [-0.4, -0.2) is 44.1 Å². The fraction of sp³-hybridized carbons (Fsp3) is 0.429. The maximum Gasteiger partial charge on any atom is 0.218 e. The summed E-state index contributed by atoms with van der Waals surface area (Å²) >= 11 is 5.48. The molecule has 0 aliphatic carbocycles. The molecule has 2 bridgehead atoms. The van der Waals surface area contributed by atoms with Gasteiger partial charge in [0.25, 0.3) is 0 Å². The van der Waals surface area contributed by atoms with Crippen molar-refractivity contribution in [3.63, 3.8) is 0 Å². The first-order valence-electron chi connectivity index (χ1n) is 7.01. The number of ether oxygens (including phenoxy) is 2. The van der Waals surface area contributed by atoms with E-state index in [2.05, 4.69) is 10.1 Å². The lowest BCUT2D eigenvalue weighted by atomic mass is 10.0. The van der Waals surface area contributed by atoms with Gasteiger partial charge in [-0.25, -0.2) is 4.68 Å². The number of hydrogen-bond acceptors (Lipinski definition) is 6. The smallest absolute Gasteiger partial charge is 0.218 e. The lowest BCUT2D eigenvalue weighted by molar-refractivity contribution is -0.156. The van der Waals surface area contributed by atoms with Gasteiger partial charge < -0.3 is 14.0 Å². The predicted octanol–water partition coefficient (Wildman–Crippen LogP) is 1.27. The maximum absolute atomic E-state index is 12.0. The molecule has 4 rings (SSSR count). The maximum atomic E-state index is 12.0. The number of Topliss-reactive ketones (excluding diaryl/α,β-unsaturated/α-hetero) is 1. The summed E-state index contributed by atoms with van der Waals surface area (Å²) in [5.74, 6) is 0.654. The molecule has 8 heteroatoms. The first-order valence-corrected chi connectivity index (χ1v) is 7.41. The molecule has 2 fully saturated rings. The second kappa shape index (κ2) is 5.08. The third-order valence-electron chi connectivity index (χ3n) is 4.05. The average molecular weight is 318 g/mol. The fourth-order valence-corrected chi connectivity index (χ4v) is 3.15. The first kappa shape index (κ1) is 13.7. The standard InChI is InChI=1S/C14H14N4O3S/c1-17-12(8-3-2-4-15-6-8)16-18(14(17)22)9-5-10(19)13-20-7-11(9)21-13/h2-4,6,9,11,13H,5,7H2,1H3/t9-,11-,13+/m1/s1. The molecule has 2 aliphatic rings. The van der Waals surface area contributed by atoms with Crippen LogP contribution >= 0.6 is 12.2 Å². The molecule has 0 aromatic carbocycles. The molecule has 2 aromatic rings. The van der Waals surface area contributed by atoms with Gasteiger partial charge in [-0.1, -0.05) is 0 Å². The Balaban J connectivity index is 1.77. The number of aromatic nitrogens is 4. The summed E-state index contributed by atoms with van der Waals surface area (Å²) in [4.78, 5) is 16.1. The van der Waals surface area contributed by atoms with E-state index in [9.17, 15) is 4.79 Å². The van der Waals surface area contributed by atoms with Gasteiger partial charge in [-0.05, 0) is 24.4 Å². The summed E-state index contributed by atoms with van der Waals surface area (Å²) in [6.07, 6.45) is 2.87. The SMILES string of the molecule is Cn1c(-c2cccnc2)nn([C@@H]2CC(=O)[C@H]3OC[C@H]2O3)c1=S. The van der Waals surface area contributed by atoms with Crippen molar-refractivity contribution in [3.05, 3.63) is 29.3 Å². The van der Waals surface area contributed by atoms with Crippen molar-refractivity contribution < 1.29 is 14.3 Å². The minimum absolute atomic E-state index is 0.0609. The van der Waals surface area contributed by atoms with Gasteiger partial charge in [0.05, 0.1) is 12.6 Å². The van der Waals surface area contributed by atoms with Crippen LogP contribution in [0.25, 0.3) is 11.4 Å². The van der Waals surface area contributed by atoms with E-state index < -0.39 is 6.29 Å². The normalized spacial score (nSPS) is 27.3. The zero-order chi connectivity index (χ0) is 15.3. The van der Waals surface area contributed by atoms with Gasteiger partial charge in [0, 0.05) is 31.4 Å². The Bertz CT molecular complexity index is 785. The molecule has 7 nitrogen and oxygen atoms in total. The van der Waals surface area contributed by atoms with Crippen LogP contribution in [0.15, 0.2) is 24.5 Å². The van der Waals surface area contributed by atoms with E-state index in [1.165, 1.54) is 0 Å². The molecule has 2 saturated heterocycles. The largest absolute Gasteiger partial charge is 0.343 e. The van der Waals surface area contributed by atoms with E-state index in [0.717, 1.165) is 5.56 Å². The number of nitrogens with zero attached hydrogens (tertiary/aromatic N) is 4. The lowest BCUT2D eigenvalue weighted by Gasteiger charge is -2.26. The molecule has 2 aromatic heterocycles. The van der Waals surface area contributed by atoms with E-state index in [-0.39, 0.29) is 17.9 Å². The zero-order valence-corrected chi connectivity index (χ0v) is 12.7. The van der Waals surface area contributed by atoms with E-state index in [1.807, 2.05) is 23.7 Å². The lowest BCUT2D eigenvalue weighted by Crippen LogP contribution is -2.37. The summed E-state index contributed by atoms with van der Waals surface area (Å²) < 4.78 is 15.0. The quantitative estimate of drug-likeness (QED) is 0.777. The molecule has 0 amide bonds. The summed E-state index contributed by atoms with van der Waals surface area (Å²) in [5.41, 5.74) is 0.874. The van der Waals surface area contributed by atoms with Crippen molar-refractivity contribution in [2.24, 2.45) is 7.05 Å². The predicted molar refractivity (Wildman–Crippen MR) is 78.5 cm³/mol. The molecule has 0 radical (unpaired) electrons. The summed E-state index contributed by atoms with van der Waals surface area (Å²) in [7, 11) is 1.85. The highest BCUT2D eigenvalue weighted by Crippen LogP contribution is 2.33. The third kappa shape index (κ3) is 2.03. The van der Waals surface area contributed by atoms with Crippen molar-refractivity contribution in [3.8, 4) is 11.4 Å². The monoisotopic (exact) mass is 318 g/mol. The fourth-order valence-electron chi connectivity index (χ4n) is 2.89. The molecule has 0 unspecified atom stereocenters. The van der Waals surface area contributed by atoms with E-state index in [1.54, 1.807) is 17.1 Å². The van der Waals surface area contributed by atoms with Crippen LogP contribution in [0.4, 0.5) is 0 Å². The van der Waals surface area contributed by atoms with Crippen LogP contribution in [0.1, 0.15) is 12.5 Å². The van der Waals surface area contributed by atoms with Crippen molar-refractivity contribution in [1.82, 2.24) is 19.3 Å². The summed E-state index contributed by atoms with van der Waals surface area (Å²) in [6.45, 7) is 0.391. The van der Waals surface area contributed by atoms with Gasteiger partial charge in [0.15, 0.2) is 16.4 Å². The average Bonchev–Trinajstić information content (AvgIpc) is 3.09. The molecule has 3 atom stereocenters. The van der Waals surface area contributed by atoms with Crippen molar-refractivity contribution in [2.75, 3.05) is 6.61 Å². The number of fused-ring (bicyclic) bond motifs is 2. The van der Waals surface area contributed by atoms with Gasteiger partial charge in [-0.2, -0.15) is 5.10 Å². The molecule has 114 valence electrons. The molecule has 0 spiro atoms. The van der Waals surface area contributed by atoms with E-state index >= 15 is 0 Å². The van der Waals surface area contributed by atoms with Gasteiger partial charge in [-0.15, -0.1) is 0 Å². The summed E-state index contributed by atoms with van der Waals surface area (Å²) in [5, 5.41) is 4.60. The molecule has 0 N–H and O–H groups in total. The van der Waals surface area contributed by atoms with E-state index in [4.69, 9.17) is 21.7 Å². The van der Waals surface area contributed by atoms with Crippen molar-refractivity contribution in [2.45, 2.75) is 24.9 Å². The minimum atomic E-state index is -0.711. The van der Waals surface area contributed by atoms with Gasteiger partial charge in [0.2, 0.25) is 6.29 Å². The zero-order valence-electron chi connectivity index (χ0n) is 11.9. The van der Waals surface area contributed by atoms with E-state index in [0.29, 0.717) is 23.6 Å². The molecule has 2 aliphatic heterocycles. The molecular formula is C14H14N4O3S. The van der Waals surface area contributed by atoms with Crippen LogP contribution in [0.2, 0.25) is 0 Å². The molecule has 4 heterocycles. The Hall–Kier alpha value is -1.90. The minimum Gasteiger partial charge on any atom is -0.343 e. The second-order valence-electron chi connectivity index (χ2n) is 5.43. The number of pyridine rings is 1. The Morgan fingerprint density at radius 3 is 3.09 bits per heavy atom. The Morgan fingerprint density at radius 2 is 2.32 bits per heavy atom. The Morgan fingerprint density at radius 1 is 1.45 bits per heavy atom. The Kier molecular flexibility index (Phi) is 3.17. The van der Waals surface area contributed by atoms with Crippen LogP contribution in [0.5, 0.6) is 0 Å². The Labute approximate surface area is 131 Å². The number of carbonyl (C=O) groups is 1. The van der Waals surface area contributed by atoms with Crippen molar-refractivity contribution in [1.29, 1.82) is 0 Å². The van der Waals surface area contributed by atoms with Crippen LogP contribution in [-0.2, 0) is 21.3 Å². The topological polar surface area (TPSA) is 71.2 Å². The first-order chi connectivity index (χ1) is 10.6. The molecule has 22 heavy (non-hydrogen) atoms. The van der Waals surface area contributed by atoms with Gasteiger partial charge in [-0.3, -0.25) is 9.78 Å². The van der Waals surface area contributed by atoms with Crippen LogP contribution < -0.4 is 0 Å². The number of hydrogen-bond donors (Lipinski definition) is 0. The highest BCUT2D eigenvalue weighted by molar-refractivity contribution is 7.71. The van der Waals surface area contributed by atoms with Crippen LogP contribution in [0.3, 0.4) is 0 Å². The number of carbonyl (C=O) groups excluding carboxylic acids is 1. The number of rotatable bonds is 2. The molecular weight excluding hydrogens is 304 g/mol. The summed E-state index contributed by atoms with van der Waals surface area (Å²) in [6, 6.07) is 3.54. The second-order valence-corrected chi connectivity index (χ2v) is 5.79. The third-order valence-corrected chi connectivity index (χ3v) is 4.51.